The number of rotatable bonds is 10. The number of ether oxygens (including phenoxy) is 4. The van der Waals surface area contributed by atoms with Gasteiger partial charge in [0, 0.05) is 17.8 Å². The third-order valence-electron chi connectivity index (χ3n) is 6.90. The molecule has 1 aliphatic carbocycles. The molecular formula is C25H44O4. The monoisotopic (exact) mass is 408 g/mol. The Bertz CT molecular complexity index is 442. The molecule has 4 nitrogen and oxygen atoms in total. The molecule has 1 saturated carbocycles. The van der Waals surface area contributed by atoms with Crippen LogP contribution in [0.1, 0.15) is 84.5 Å². The van der Waals surface area contributed by atoms with E-state index in [0.29, 0.717) is 17.8 Å². The van der Waals surface area contributed by atoms with Crippen LogP contribution in [0.25, 0.3) is 0 Å². The average molecular weight is 409 g/mol. The summed E-state index contributed by atoms with van der Waals surface area (Å²) in [5.74, 6) is 2.44. The highest BCUT2D eigenvalue weighted by Gasteiger charge is 2.32. The number of hydrogen-bond acceptors (Lipinski definition) is 4. The minimum Gasteiger partial charge on any atom is -0.352 e. The van der Waals surface area contributed by atoms with Gasteiger partial charge in [0.05, 0.1) is 26.4 Å². The van der Waals surface area contributed by atoms with Crippen LogP contribution in [0.3, 0.4) is 0 Å². The Labute approximate surface area is 178 Å². The second-order valence-corrected chi connectivity index (χ2v) is 9.47. The Morgan fingerprint density at radius 3 is 2.10 bits per heavy atom. The van der Waals surface area contributed by atoms with E-state index in [4.69, 9.17) is 18.9 Å². The maximum atomic E-state index is 6.15. The predicted octanol–water partition coefficient (Wildman–Crippen LogP) is 6.10. The van der Waals surface area contributed by atoms with Gasteiger partial charge in [0.2, 0.25) is 0 Å². The van der Waals surface area contributed by atoms with E-state index >= 15 is 0 Å². The van der Waals surface area contributed by atoms with Crippen LogP contribution in [-0.2, 0) is 18.9 Å². The summed E-state index contributed by atoms with van der Waals surface area (Å²) < 4.78 is 24.1. The topological polar surface area (TPSA) is 36.9 Å². The quantitative estimate of drug-likeness (QED) is 0.409. The fourth-order valence-electron chi connectivity index (χ4n) is 4.90. The molecule has 0 aromatic carbocycles. The van der Waals surface area contributed by atoms with Crippen LogP contribution in [-0.4, -0.2) is 39.0 Å². The fourth-order valence-corrected chi connectivity index (χ4v) is 4.90. The van der Waals surface area contributed by atoms with Crippen LogP contribution in [0.15, 0.2) is 12.2 Å². The number of unbranched alkanes of at least 4 members (excludes halogenated alkanes) is 2. The largest absolute Gasteiger partial charge is 0.352 e. The molecule has 0 atom stereocenters. The van der Waals surface area contributed by atoms with E-state index in [1.54, 1.807) is 0 Å². The lowest BCUT2D eigenvalue weighted by Gasteiger charge is -2.38. The Morgan fingerprint density at radius 1 is 0.724 bits per heavy atom. The minimum atomic E-state index is -0.0538. The van der Waals surface area contributed by atoms with Crippen LogP contribution in [0.4, 0.5) is 0 Å². The molecule has 0 amide bonds. The van der Waals surface area contributed by atoms with E-state index in [-0.39, 0.29) is 12.6 Å². The van der Waals surface area contributed by atoms with Crippen molar-refractivity contribution in [2.45, 2.75) is 97.1 Å². The van der Waals surface area contributed by atoms with E-state index in [0.717, 1.165) is 51.6 Å². The third-order valence-corrected chi connectivity index (χ3v) is 6.90. The lowest BCUT2D eigenvalue weighted by atomic mass is 9.79. The van der Waals surface area contributed by atoms with Gasteiger partial charge in [-0.2, -0.15) is 0 Å². The highest BCUT2D eigenvalue weighted by molar-refractivity contribution is 4.89. The first-order valence-corrected chi connectivity index (χ1v) is 12.4. The molecule has 3 fully saturated rings. The summed E-state index contributed by atoms with van der Waals surface area (Å²) in [6, 6.07) is 0. The zero-order valence-electron chi connectivity index (χ0n) is 18.9. The van der Waals surface area contributed by atoms with Gasteiger partial charge in [-0.15, -0.1) is 0 Å². The summed E-state index contributed by atoms with van der Waals surface area (Å²) in [6.45, 7) is 7.72. The summed E-state index contributed by atoms with van der Waals surface area (Å²) in [5.41, 5.74) is 0. The van der Waals surface area contributed by atoms with Crippen LogP contribution in [0.2, 0.25) is 0 Å². The summed E-state index contributed by atoms with van der Waals surface area (Å²) in [7, 11) is 0. The normalized spacial score (nSPS) is 36.5. The fraction of sp³-hybridized carbons (Fsp3) is 0.920. The van der Waals surface area contributed by atoms with Gasteiger partial charge in [0.1, 0.15) is 0 Å². The van der Waals surface area contributed by atoms with E-state index in [9.17, 15) is 0 Å². The molecule has 0 spiro atoms. The molecule has 168 valence electrons. The van der Waals surface area contributed by atoms with Gasteiger partial charge >= 0.3 is 0 Å². The summed E-state index contributed by atoms with van der Waals surface area (Å²) >= 11 is 0. The van der Waals surface area contributed by atoms with Crippen molar-refractivity contribution in [3.63, 3.8) is 0 Å². The molecule has 0 unspecified atom stereocenters. The first kappa shape index (κ1) is 23.2. The Kier molecular flexibility index (Phi) is 10.5. The molecule has 2 heterocycles. The SMILES string of the molecule is CCCC=C[C@H]1CO[C@H](CC[C@H]2CO[C@H]([C@H]3CC[C@H](CCCC)CC3)OC2)OC1. The molecule has 3 aliphatic rings. The van der Waals surface area contributed by atoms with Crippen molar-refractivity contribution >= 4 is 0 Å². The third kappa shape index (κ3) is 7.97. The van der Waals surface area contributed by atoms with Gasteiger partial charge in [-0.25, -0.2) is 0 Å². The van der Waals surface area contributed by atoms with E-state index < -0.39 is 0 Å². The van der Waals surface area contributed by atoms with Gasteiger partial charge < -0.3 is 18.9 Å². The van der Waals surface area contributed by atoms with Crippen molar-refractivity contribution in [1.29, 1.82) is 0 Å². The number of allylic oxidation sites excluding steroid dienone is 1. The van der Waals surface area contributed by atoms with Crippen LogP contribution < -0.4 is 0 Å². The van der Waals surface area contributed by atoms with Crippen molar-refractivity contribution < 1.29 is 18.9 Å². The first-order chi connectivity index (χ1) is 14.3. The highest BCUT2D eigenvalue weighted by atomic mass is 16.7. The summed E-state index contributed by atoms with van der Waals surface area (Å²) in [5, 5.41) is 0. The Morgan fingerprint density at radius 2 is 1.45 bits per heavy atom. The Balaban J connectivity index is 1.25. The lowest BCUT2D eigenvalue weighted by molar-refractivity contribution is -0.235. The molecule has 0 aromatic heterocycles. The molecule has 29 heavy (non-hydrogen) atoms. The zero-order valence-corrected chi connectivity index (χ0v) is 18.9. The van der Waals surface area contributed by atoms with E-state index in [2.05, 4.69) is 26.0 Å². The molecule has 0 radical (unpaired) electrons. The van der Waals surface area contributed by atoms with E-state index in [1.807, 2.05) is 0 Å². The maximum absolute atomic E-state index is 6.15. The first-order valence-electron chi connectivity index (χ1n) is 12.4. The van der Waals surface area contributed by atoms with Crippen molar-refractivity contribution in [2.24, 2.45) is 23.7 Å². The minimum absolute atomic E-state index is 0.0382. The van der Waals surface area contributed by atoms with Gasteiger partial charge in [0.15, 0.2) is 12.6 Å². The van der Waals surface area contributed by atoms with Crippen LogP contribution in [0, 0.1) is 23.7 Å². The van der Waals surface area contributed by atoms with Gasteiger partial charge in [-0.05, 0) is 50.9 Å². The smallest absolute Gasteiger partial charge is 0.160 e. The Hall–Kier alpha value is -0.420. The lowest BCUT2D eigenvalue weighted by Crippen LogP contribution is -2.39. The second kappa shape index (κ2) is 13.1. The zero-order chi connectivity index (χ0) is 20.3. The second-order valence-electron chi connectivity index (χ2n) is 9.47. The van der Waals surface area contributed by atoms with E-state index in [1.165, 1.54) is 51.4 Å². The summed E-state index contributed by atoms with van der Waals surface area (Å²) in [6.07, 6.45) is 18.2. The van der Waals surface area contributed by atoms with Gasteiger partial charge in [-0.1, -0.05) is 51.7 Å². The molecular weight excluding hydrogens is 364 g/mol. The van der Waals surface area contributed by atoms with Crippen molar-refractivity contribution in [3.05, 3.63) is 12.2 Å². The van der Waals surface area contributed by atoms with Crippen molar-refractivity contribution in [2.75, 3.05) is 26.4 Å². The standard InChI is InChI=1S/C25H44O4/c1-3-5-7-9-21-16-26-24(27-17-21)15-12-22-18-28-25(29-19-22)23-13-10-20(11-14-23)8-6-4-2/h7,9,20-25H,3-6,8,10-19H2,1-2H3/t20-,21-,22-,23-,24-,25-. The number of hydrogen-bond donors (Lipinski definition) is 0. The van der Waals surface area contributed by atoms with Crippen molar-refractivity contribution in [3.8, 4) is 0 Å². The molecule has 0 N–H and O–H groups in total. The highest BCUT2D eigenvalue weighted by Crippen LogP contribution is 2.36. The van der Waals surface area contributed by atoms with Crippen molar-refractivity contribution in [1.82, 2.24) is 0 Å². The van der Waals surface area contributed by atoms with Gasteiger partial charge in [0.25, 0.3) is 0 Å². The predicted molar refractivity (Wildman–Crippen MR) is 117 cm³/mol. The molecule has 4 heteroatoms. The molecule has 2 aliphatic heterocycles. The maximum Gasteiger partial charge on any atom is 0.160 e. The molecule has 0 aromatic rings. The molecule has 3 rings (SSSR count). The summed E-state index contributed by atoms with van der Waals surface area (Å²) in [4.78, 5) is 0. The van der Waals surface area contributed by atoms with Gasteiger partial charge in [-0.3, -0.25) is 0 Å². The van der Waals surface area contributed by atoms with Crippen LogP contribution in [0.5, 0.6) is 0 Å². The average Bonchev–Trinajstić information content (AvgIpc) is 2.78. The van der Waals surface area contributed by atoms with Crippen LogP contribution >= 0.6 is 0 Å². The molecule has 2 saturated heterocycles. The molecule has 0 bridgehead atoms.